The SMILES string of the molecule is C[N+]1(C)c2ccccc2N(c2cccc3c2oc2cc4c(cc23)oc2c(N3c5ccccc5[N+](C)(C)c5ccccc53)cccc24)c2ccccc21. The average molecular weight is 677 g/mol. The molecule has 52 heavy (non-hydrogen) atoms. The van der Waals surface area contributed by atoms with E-state index in [1.54, 1.807) is 0 Å². The molecule has 0 N–H and O–H groups in total. The fraction of sp³-hybridized carbons (Fsp3) is 0.0870. The van der Waals surface area contributed by atoms with Gasteiger partial charge in [-0.1, -0.05) is 72.8 Å². The molecule has 0 spiro atoms. The first kappa shape index (κ1) is 29.4. The molecule has 6 nitrogen and oxygen atoms in total. The minimum Gasteiger partial charge on any atom is -0.454 e. The second-order valence-electron chi connectivity index (χ2n) is 14.9. The van der Waals surface area contributed by atoms with Gasteiger partial charge >= 0.3 is 0 Å². The highest BCUT2D eigenvalue weighted by molar-refractivity contribution is 6.19. The lowest BCUT2D eigenvalue weighted by atomic mass is 10.0. The van der Waals surface area contributed by atoms with Gasteiger partial charge in [0.15, 0.2) is 33.9 Å². The third kappa shape index (κ3) is 3.74. The van der Waals surface area contributed by atoms with Gasteiger partial charge in [0.25, 0.3) is 0 Å². The first-order valence-electron chi connectivity index (χ1n) is 17.8. The van der Waals surface area contributed by atoms with Crippen molar-refractivity contribution in [2.45, 2.75) is 0 Å². The number of para-hydroxylation sites is 10. The zero-order chi connectivity index (χ0) is 34.9. The molecule has 11 rings (SSSR count). The van der Waals surface area contributed by atoms with E-state index < -0.39 is 0 Å². The van der Waals surface area contributed by atoms with Crippen molar-refractivity contribution in [3.8, 4) is 0 Å². The lowest BCUT2D eigenvalue weighted by Gasteiger charge is -2.41. The second-order valence-corrected chi connectivity index (χ2v) is 14.9. The van der Waals surface area contributed by atoms with Gasteiger partial charge in [0.1, 0.15) is 33.9 Å². The molecular formula is C46H36N4O2+2. The van der Waals surface area contributed by atoms with Gasteiger partial charge in [-0.3, -0.25) is 18.8 Å². The Bertz CT molecular complexity index is 2650. The van der Waals surface area contributed by atoms with E-state index in [2.05, 4.69) is 184 Å². The monoisotopic (exact) mass is 676 g/mol. The summed E-state index contributed by atoms with van der Waals surface area (Å²) in [6.07, 6.45) is 0. The van der Waals surface area contributed by atoms with E-state index in [0.29, 0.717) is 8.97 Å². The molecule has 7 aromatic carbocycles. The zero-order valence-corrected chi connectivity index (χ0v) is 29.5. The Morgan fingerprint density at radius 1 is 0.346 bits per heavy atom. The van der Waals surface area contributed by atoms with Crippen LogP contribution in [0.3, 0.4) is 0 Å². The predicted molar refractivity (Wildman–Crippen MR) is 217 cm³/mol. The van der Waals surface area contributed by atoms with Crippen molar-refractivity contribution in [3.63, 3.8) is 0 Å². The Labute approximate surface area is 301 Å². The van der Waals surface area contributed by atoms with E-state index in [1.807, 2.05) is 0 Å². The normalized spacial score (nSPS) is 15.5. The zero-order valence-electron chi connectivity index (χ0n) is 29.5. The highest BCUT2D eigenvalue weighted by atomic mass is 16.3. The summed E-state index contributed by atoms with van der Waals surface area (Å²) >= 11 is 0. The standard InChI is InChI=1S/C46H36N4O2/c1-49(2)39-23-9-5-17-33(39)47(34-18-6-10-24-40(34)49)37-21-13-15-29-31-27-44-32(28-43(31)51-45(29)37)30-16-14-22-38(46(30)52-44)48-35-19-7-11-25-41(35)50(3,4)42-26-12-8-20-36(42)48/h5-28H,1-4H3/q+2. The first-order chi connectivity index (χ1) is 25.3. The summed E-state index contributed by atoms with van der Waals surface area (Å²) in [5.74, 6) is 0. The van der Waals surface area contributed by atoms with Crippen LogP contribution in [0.1, 0.15) is 0 Å². The van der Waals surface area contributed by atoms with Crippen LogP contribution in [0, 0.1) is 0 Å². The fourth-order valence-corrected chi connectivity index (χ4v) is 8.95. The molecule has 2 aliphatic heterocycles. The fourth-order valence-electron chi connectivity index (χ4n) is 8.95. The molecule has 0 saturated heterocycles. The maximum absolute atomic E-state index is 6.91. The third-order valence-corrected chi connectivity index (χ3v) is 11.5. The molecule has 2 aliphatic rings. The summed E-state index contributed by atoms with van der Waals surface area (Å²) in [6, 6.07) is 52.0. The molecule has 0 amide bonds. The van der Waals surface area contributed by atoms with Gasteiger partial charge in [-0.25, -0.2) is 0 Å². The molecule has 2 aromatic heterocycles. The number of benzene rings is 7. The largest absolute Gasteiger partial charge is 0.454 e. The molecule has 0 fully saturated rings. The van der Waals surface area contributed by atoms with Crippen molar-refractivity contribution in [3.05, 3.63) is 146 Å². The number of hydrogen-bond acceptors (Lipinski definition) is 4. The molecule has 0 saturated carbocycles. The summed E-state index contributed by atoms with van der Waals surface area (Å²) in [7, 11) is 9.02. The topological polar surface area (TPSA) is 32.8 Å². The first-order valence-corrected chi connectivity index (χ1v) is 17.8. The summed E-state index contributed by atoms with van der Waals surface area (Å²) in [6.45, 7) is 0. The summed E-state index contributed by atoms with van der Waals surface area (Å²) in [5.41, 5.74) is 14.9. The van der Waals surface area contributed by atoms with Crippen molar-refractivity contribution in [1.82, 2.24) is 8.97 Å². The molecule has 250 valence electrons. The number of furan rings is 2. The van der Waals surface area contributed by atoms with E-state index in [9.17, 15) is 0 Å². The quantitative estimate of drug-likeness (QED) is 0.171. The Hall–Kier alpha value is -6.34. The third-order valence-electron chi connectivity index (χ3n) is 11.5. The predicted octanol–water partition coefficient (Wildman–Crippen LogP) is 12.8. The van der Waals surface area contributed by atoms with Gasteiger partial charge in [0.2, 0.25) is 0 Å². The Balaban J connectivity index is 1.12. The molecular weight excluding hydrogens is 641 g/mol. The highest BCUT2D eigenvalue weighted by Gasteiger charge is 2.40. The van der Waals surface area contributed by atoms with E-state index >= 15 is 0 Å². The van der Waals surface area contributed by atoms with Crippen LogP contribution in [0.4, 0.5) is 56.9 Å². The summed E-state index contributed by atoms with van der Waals surface area (Å²) in [4.78, 5) is 4.72. The van der Waals surface area contributed by atoms with Crippen LogP contribution in [0.15, 0.2) is 154 Å². The van der Waals surface area contributed by atoms with E-state index in [0.717, 1.165) is 78.0 Å². The molecule has 0 unspecified atom stereocenters. The molecule has 6 heteroatoms. The van der Waals surface area contributed by atoms with Crippen molar-refractivity contribution in [1.29, 1.82) is 0 Å². The molecule has 0 bridgehead atoms. The lowest BCUT2D eigenvalue weighted by molar-refractivity contribution is 0.550. The van der Waals surface area contributed by atoms with Gasteiger partial charge in [-0.15, -0.1) is 0 Å². The molecule has 0 radical (unpaired) electrons. The summed E-state index contributed by atoms with van der Waals surface area (Å²) in [5, 5.41) is 4.19. The van der Waals surface area contributed by atoms with Crippen molar-refractivity contribution in [2.24, 2.45) is 0 Å². The molecule has 4 heterocycles. The van der Waals surface area contributed by atoms with E-state index in [4.69, 9.17) is 8.83 Å². The van der Waals surface area contributed by atoms with Crippen LogP contribution in [-0.2, 0) is 0 Å². The van der Waals surface area contributed by atoms with Gasteiger partial charge < -0.3 is 8.83 Å². The molecule has 0 aliphatic carbocycles. The van der Waals surface area contributed by atoms with Gasteiger partial charge in [0.05, 0.1) is 39.6 Å². The molecule has 0 atom stereocenters. The second kappa shape index (κ2) is 10.1. The number of hydrogen-bond donors (Lipinski definition) is 0. The average Bonchev–Trinajstić information content (AvgIpc) is 3.72. The van der Waals surface area contributed by atoms with Gasteiger partial charge in [-0.2, -0.15) is 0 Å². The maximum Gasteiger partial charge on any atom is 0.161 e. The lowest BCUT2D eigenvalue weighted by Crippen LogP contribution is -2.39. The Morgan fingerprint density at radius 3 is 1.00 bits per heavy atom. The summed E-state index contributed by atoms with van der Waals surface area (Å²) < 4.78 is 15.1. The van der Waals surface area contributed by atoms with Crippen molar-refractivity contribution in [2.75, 3.05) is 38.0 Å². The van der Waals surface area contributed by atoms with Crippen molar-refractivity contribution < 1.29 is 8.83 Å². The number of quaternary nitrogens is 2. The van der Waals surface area contributed by atoms with E-state index in [-0.39, 0.29) is 0 Å². The van der Waals surface area contributed by atoms with Gasteiger partial charge in [-0.05, 0) is 48.5 Å². The van der Waals surface area contributed by atoms with Crippen molar-refractivity contribution >= 4 is 101 Å². The van der Waals surface area contributed by atoms with Crippen LogP contribution < -0.4 is 18.8 Å². The highest BCUT2D eigenvalue weighted by Crippen LogP contribution is 2.57. The Kier molecular flexibility index (Phi) is 5.73. The van der Waals surface area contributed by atoms with Crippen LogP contribution in [0.2, 0.25) is 0 Å². The minimum absolute atomic E-state index is 0.663. The van der Waals surface area contributed by atoms with Crippen LogP contribution in [-0.4, -0.2) is 28.2 Å². The van der Waals surface area contributed by atoms with Crippen LogP contribution in [0.5, 0.6) is 0 Å². The number of nitrogens with zero attached hydrogens (tertiary/aromatic N) is 4. The van der Waals surface area contributed by atoms with E-state index in [1.165, 1.54) is 22.7 Å². The van der Waals surface area contributed by atoms with Gasteiger partial charge in [0, 0.05) is 45.8 Å². The smallest absolute Gasteiger partial charge is 0.161 e. The van der Waals surface area contributed by atoms with Crippen LogP contribution in [0.25, 0.3) is 43.9 Å². The number of fused-ring (bicyclic) bond motifs is 10. The minimum atomic E-state index is 0.663. The Morgan fingerprint density at radius 2 is 0.654 bits per heavy atom. The molecule has 9 aromatic rings. The number of rotatable bonds is 2. The number of anilines is 6. The van der Waals surface area contributed by atoms with Crippen LogP contribution >= 0.6 is 0 Å². The maximum atomic E-state index is 6.91.